The Morgan fingerprint density at radius 3 is 1.92 bits per heavy atom. The Hall–Kier alpha value is -2.25. The third-order valence-electron chi connectivity index (χ3n) is 4.11. The van der Waals surface area contributed by atoms with E-state index in [1.165, 1.54) is 12.1 Å². The van der Waals surface area contributed by atoms with Crippen LogP contribution in [0, 0.1) is 17.5 Å². The first-order chi connectivity index (χ1) is 12.4. The first kappa shape index (κ1) is 18.5. The minimum absolute atomic E-state index is 0.0424. The summed E-state index contributed by atoms with van der Waals surface area (Å²) < 4.78 is 77.0. The lowest BCUT2D eigenvalue weighted by molar-refractivity contribution is -0.192. The van der Waals surface area contributed by atoms with Gasteiger partial charge in [0.05, 0.1) is 13.2 Å². The van der Waals surface area contributed by atoms with Crippen molar-refractivity contribution in [2.24, 2.45) is 0 Å². The molecular formula is C19H15F5O2. The van der Waals surface area contributed by atoms with Crippen LogP contribution in [0.5, 0.6) is 0 Å². The fraction of sp³-hybridized carbons (Fsp3) is 0.263. The maximum atomic E-state index is 13.5. The predicted molar refractivity (Wildman–Crippen MR) is 85.0 cm³/mol. The van der Waals surface area contributed by atoms with Crippen molar-refractivity contribution in [3.8, 4) is 0 Å². The largest absolute Gasteiger partial charge is 0.348 e. The molecule has 1 aliphatic rings. The first-order valence-electron chi connectivity index (χ1n) is 7.86. The van der Waals surface area contributed by atoms with Gasteiger partial charge in [-0.3, -0.25) is 0 Å². The van der Waals surface area contributed by atoms with E-state index in [0.717, 1.165) is 24.6 Å². The van der Waals surface area contributed by atoms with E-state index in [1.54, 1.807) is 12.1 Å². The molecule has 0 N–H and O–H groups in total. The zero-order chi connectivity index (χ0) is 18.8. The van der Waals surface area contributed by atoms with Gasteiger partial charge in [0.2, 0.25) is 0 Å². The average molecular weight is 370 g/mol. The average Bonchev–Trinajstić information content (AvgIpc) is 2.65. The summed E-state index contributed by atoms with van der Waals surface area (Å²) in [4.78, 5) is 0. The maximum Gasteiger partial charge on any atom is 0.194 e. The molecule has 7 heteroatoms. The SMILES string of the molecule is CC(F)=C(F)c1ccc(C2COC(c3cc(F)c(F)c(F)c3)OC2)cc1. The molecule has 0 spiro atoms. The lowest BCUT2D eigenvalue weighted by Crippen LogP contribution is -2.26. The summed E-state index contributed by atoms with van der Waals surface area (Å²) in [5, 5.41) is 0. The highest BCUT2D eigenvalue weighted by Crippen LogP contribution is 2.32. The monoisotopic (exact) mass is 370 g/mol. The summed E-state index contributed by atoms with van der Waals surface area (Å²) >= 11 is 0. The molecule has 3 rings (SSSR count). The lowest BCUT2D eigenvalue weighted by atomic mass is 9.98. The van der Waals surface area contributed by atoms with E-state index in [1.807, 2.05) is 0 Å². The van der Waals surface area contributed by atoms with Gasteiger partial charge in [0.15, 0.2) is 29.6 Å². The van der Waals surface area contributed by atoms with E-state index < -0.39 is 35.4 Å². The standard InChI is InChI=1S/C19H15F5O2/c1-10(20)17(23)12-4-2-11(3-5-12)14-8-25-19(26-9-14)13-6-15(21)18(24)16(22)7-13/h2-7,14,19H,8-9H2,1H3. The van der Waals surface area contributed by atoms with Crippen LogP contribution in [0.15, 0.2) is 42.2 Å². The molecule has 2 aromatic carbocycles. The highest BCUT2D eigenvalue weighted by atomic mass is 19.2. The Bertz CT molecular complexity index is 797. The van der Waals surface area contributed by atoms with Crippen molar-refractivity contribution in [3.05, 3.63) is 76.4 Å². The molecule has 2 aromatic rings. The molecule has 1 aliphatic heterocycles. The zero-order valence-corrected chi connectivity index (χ0v) is 13.7. The van der Waals surface area contributed by atoms with Gasteiger partial charge in [-0.1, -0.05) is 24.3 Å². The molecule has 0 saturated carbocycles. The fourth-order valence-electron chi connectivity index (χ4n) is 2.70. The van der Waals surface area contributed by atoms with E-state index in [9.17, 15) is 22.0 Å². The van der Waals surface area contributed by atoms with Crippen LogP contribution in [-0.4, -0.2) is 13.2 Å². The quantitative estimate of drug-likeness (QED) is 0.520. The minimum Gasteiger partial charge on any atom is -0.348 e. The van der Waals surface area contributed by atoms with Crippen molar-refractivity contribution in [1.29, 1.82) is 0 Å². The van der Waals surface area contributed by atoms with Gasteiger partial charge in [0, 0.05) is 17.0 Å². The number of hydrogen-bond acceptors (Lipinski definition) is 2. The minimum atomic E-state index is -1.55. The van der Waals surface area contributed by atoms with Crippen LogP contribution in [0.1, 0.15) is 35.8 Å². The second kappa shape index (κ2) is 7.55. The molecule has 1 heterocycles. The fourth-order valence-corrected chi connectivity index (χ4v) is 2.70. The molecular weight excluding hydrogens is 355 g/mol. The number of hydrogen-bond donors (Lipinski definition) is 0. The van der Waals surface area contributed by atoms with Gasteiger partial charge in [-0.2, -0.15) is 0 Å². The van der Waals surface area contributed by atoms with Crippen molar-refractivity contribution >= 4 is 5.83 Å². The van der Waals surface area contributed by atoms with Gasteiger partial charge >= 0.3 is 0 Å². The molecule has 0 amide bonds. The Labute approximate surface area is 146 Å². The summed E-state index contributed by atoms with van der Waals surface area (Å²) in [5.41, 5.74) is 0.954. The molecule has 0 aliphatic carbocycles. The number of allylic oxidation sites excluding steroid dienone is 1. The normalized spacial score (nSPS) is 21.5. The third kappa shape index (κ3) is 3.78. The van der Waals surface area contributed by atoms with Gasteiger partial charge in [-0.25, -0.2) is 22.0 Å². The zero-order valence-electron chi connectivity index (χ0n) is 13.7. The van der Waals surface area contributed by atoms with Gasteiger partial charge in [-0.15, -0.1) is 0 Å². The smallest absolute Gasteiger partial charge is 0.194 e. The van der Waals surface area contributed by atoms with Crippen LogP contribution >= 0.6 is 0 Å². The van der Waals surface area contributed by atoms with Crippen LogP contribution in [0.25, 0.3) is 5.83 Å². The lowest BCUT2D eigenvalue weighted by Gasteiger charge is -2.30. The Morgan fingerprint density at radius 1 is 0.885 bits per heavy atom. The highest BCUT2D eigenvalue weighted by Gasteiger charge is 2.26. The Kier molecular flexibility index (Phi) is 5.38. The van der Waals surface area contributed by atoms with Gasteiger partial charge < -0.3 is 9.47 Å². The topological polar surface area (TPSA) is 18.5 Å². The Morgan fingerprint density at radius 2 is 1.42 bits per heavy atom. The number of benzene rings is 2. The first-order valence-corrected chi connectivity index (χ1v) is 7.86. The van der Waals surface area contributed by atoms with E-state index in [-0.39, 0.29) is 30.3 Å². The highest BCUT2D eigenvalue weighted by molar-refractivity contribution is 5.60. The van der Waals surface area contributed by atoms with Crippen molar-refractivity contribution < 1.29 is 31.4 Å². The molecule has 138 valence electrons. The molecule has 1 fully saturated rings. The summed E-state index contributed by atoms with van der Waals surface area (Å²) in [6, 6.07) is 7.81. The van der Waals surface area contributed by atoms with Gasteiger partial charge in [0.1, 0.15) is 5.83 Å². The molecule has 0 aromatic heterocycles. The van der Waals surface area contributed by atoms with E-state index in [0.29, 0.717) is 0 Å². The second-order valence-corrected chi connectivity index (χ2v) is 5.96. The van der Waals surface area contributed by atoms with Crippen LogP contribution in [0.3, 0.4) is 0 Å². The van der Waals surface area contributed by atoms with E-state index >= 15 is 0 Å². The van der Waals surface area contributed by atoms with E-state index in [4.69, 9.17) is 9.47 Å². The molecule has 0 atom stereocenters. The third-order valence-corrected chi connectivity index (χ3v) is 4.11. The number of halogens is 5. The molecule has 0 unspecified atom stereocenters. The summed E-state index contributed by atoms with van der Waals surface area (Å²) in [5.74, 6) is -6.19. The summed E-state index contributed by atoms with van der Waals surface area (Å²) in [6.07, 6.45) is -1.01. The van der Waals surface area contributed by atoms with Crippen LogP contribution in [0.2, 0.25) is 0 Å². The van der Waals surface area contributed by atoms with Crippen molar-refractivity contribution in [2.75, 3.05) is 13.2 Å². The second-order valence-electron chi connectivity index (χ2n) is 5.96. The van der Waals surface area contributed by atoms with Crippen LogP contribution in [0.4, 0.5) is 22.0 Å². The molecule has 1 saturated heterocycles. The van der Waals surface area contributed by atoms with Crippen molar-refractivity contribution in [1.82, 2.24) is 0 Å². The number of rotatable bonds is 3. The van der Waals surface area contributed by atoms with Crippen LogP contribution in [-0.2, 0) is 9.47 Å². The summed E-state index contributed by atoms with van der Waals surface area (Å²) in [7, 11) is 0. The van der Waals surface area contributed by atoms with Gasteiger partial charge in [0.25, 0.3) is 0 Å². The van der Waals surface area contributed by atoms with Crippen molar-refractivity contribution in [3.63, 3.8) is 0 Å². The molecule has 2 nitrogen and oxygen atoms in total. The Balaban J connectivity index is 1.68. The molecule has 26 heavy (non-hydrogen) atoms. The van der Waals surface area contributed by atoms with Gasteiger partial charge in [-0.05, 0) is 24.6 Å². The predicted octanol–water partition coefficient (Wildman–Crippen LogP) is 5.56. The molecule has 0 bridgehead atoms. The van der Waals surface area contributed by atoms with E-state index in [2.05, 4.69) is 0 Å². The number of ether oxygens (including phenoxy) is 2. The molecule has 0 radical (unpaired) electrons. The maximum absolute atomic E-state index is 13.5. The van der Waals surface area contributed by atoms with Crippen LogP contribution < -0.4 is 0 Å². The summed E-state index contributed by atoms with van der Waals surface area (Å²) in [6.45, 7) is 1.41. The van der Waals surface area contributed by atoms with Crippen molar-refractivity contribution in [2.45, 2.75) is 19.1 Å².